The van der Waals surface area contributed by atoms with Gasteiger partial charge in [-0.2, -0.15) is 0 Å². The van der Waals surface area contributed by atoms with Crippen molar-refractivity contribution in [2.24, 2.45) is 0 Å². The van der Waals surface area contributed by atoms with Gasteiger partial charge in [0, 0.05) is 17.2 Å². The number of carbonyl (C=O) groups is 1. The lowest BCUT2D eigenvalue weighted by molar-refractivity contribution is -0.384. The van der Waals surface area contributed by atoms with Gasteiger partial charge in [-0.3, -0.25) is 14.9 Å². The summed E-state index contributed by atoms with van der Waals surface area (Å²) in [5.74, 6) is -0.423. The molecular formula is C24H16ClN5O5S3. The number of amides is 1. The van der Waals surface area contributed by atoms with Crippen LogP contribution >= 0.6 is 34.7 Å². The average Bonchev–Trinajstić information content (AvgIpc) is 3.54. The summed E-state index contributed by atoms with van der Waals surface area (Å²) in [7, 11) is -3.98. The number of imidazole rings is 1. The number of nitrogens with zero attached hydrogens (tertiary/aromatic N) is 3. The van der Waals surface area contributed by atoms with E-state index in [9.17, 15) is 23.3 Å². The minimum absolute atomic E-state index is 0.0911. The van der Waals surface area contributed by atoms with E-state index < -0.39 is 25.9 Å². The number of sulfone groups is 1. The van der Waals surface area contributed by atoms with E-state index >= 15 is 0 Å². The van der Waals surface area contributed by atoms with Gasteiger partial charge >= 0.3 is 0 Å². The van der Waals surface area contributed by atoms with Crippen LogP contribution in [0.1, 0.15) is 10.8 Å². The number of aromatic amines is 1. The van der Waals surface area contributed by atoms with Crippen molar-refractivity contribution < 1.29 is 18.1 Å². The van der Waals surface area contributed by atoms with Crippen LogP contribution in [0.2, 0.25) is 5.02 Å². The number of nitro groups is 1. The van der Waals surface area contributed by atoms with Gasteiger partial charge in [0.15, 0.2) is 10.3 Å². The van der Waals surface area contributed by atoms with E-state index in [-0.39, 0.29) is 19.9 Å². The molecule has 10 nitrogen and oxygen atoms in total. The Morgan fingerprint density at radius 3 is 2.55 bits per heavy atom. The van der Waals surface area contributed by atoms with Crippen LogP contribution in [-0.2, 0) is 14.6 Å². The number of hydrogen-bond acceptors (Lipinski definition) is 9. The maximum Gasteiger partial charge on any atom is 0.269 e. The van der Waals surface area contributed by atoms with Gasteiger partial charge in [-0.15, -0.1) is 0 Å². The molecule has 3 aromatic carbocycles. The van der Waals surface area contributed by atoms with Gasteiger partial charge in [-0.25, -0.2) is 18.4 Å². The largest absolute Gasteiger partial charge is 0.333 e. The molecule has 0 bridgehead atoms. The summed E-state index contributed by atoms with van der Waals surface area (Å²) in [5.41, 5.74) is 1.92. The molecule has 0 aliphatic rings. The highest BCUT2D eigenvalue weighted by atomic mass is 35.5. The smallest absolute Gasteiger partial charge is 0.269 e. The molecule has 0 aliphatic carbocycles. The molecule has 0 fully saturated rings. The average molecular weight is 586 g/mol. The van der Waals surface area contributed by atoms with Crippen LogP contribution in [0.4, 0.5) is 10.8 Å². The summed E-state index contributed by atoms with van der Waals surface area (Å²) in [6.07, 6.45) is 1.14. The van der Waals surface area contributed by atoms with Gasteiger partial charge in [0.1, 0.15) is 9.46 Å². The maximum absolute atomic E-state index is 13.4. The Morgan fingerprint density at radius 2 is 1.84 bits per heavy atom. The predicted octanol–water partition coefficient (Wildman–Crippen LogP) is 5.89. The molecule has 5 rings (SSSR count). The summed E-state index contributed by atoms with van der Waals surface area (Å²) < 4.78 is 25.9. The van der Waals surface area contributed by atoms with E-state index in [2.05, 4.69) is 20.3 Å². The first-order valence-corrected chi connectivity index (χ1v) is 14.4. The number of nitrogens with one attached hydrogen (secondary N) is 2. The zero-order valence-corrected chi connectivity index (χ0v) is 22.3. The molecule has 14 heteroatoms. The zero-order chi connectivity index (χ0) is 26.9. The molecule has 192 valence electrons. The first-order valence-electron chi connectivity index (χ1n) is 10.8. The number of fused-ring (bicyclic) bond motifs is 1. The number of benzene rings is 3. The fourth-order valence-electron chi connectivity index (χ4n) is 3.50. The van der Waals surface area contributed by atoms with Gasteiger partial charge in [-0.1, -0.05) is 65.0 Å². The third-order valence-corrected chi connectivity index (χ3v) is 9.85. The minimum Gasteiger partial charge on any atom is -0.333 e. The number of aromatic nitrogens is 3. The number of thiazole rings is 1. The topological polar surface area (TPSA) is 148 Å². The number of anilines is 1. The third-order valence-electron chi connectivity index (χ3n) is 5.33. The van der Waals surface area contributed by atoms with Crippen LogP contribution in [0, 0.1) is 10.1 Å². The maximum atomic E-state index is 13.4. The fourth-order valence-corrected chi connectivity index (χ4v) is 7.11. The van der Waals surface area contributed by atoms with Crippen molar-refractivity contribution >= 4 is 72.3 Å². The molecule has 38 heavy (non-hydrogen) atoms. The fraction of sp³-hybridized carbons (Fsp3) is 0.0417. The Hall–Kier alpha value is -3.78. The second-order valence-electron chi connectivity index (χ2n) is 7.84. The van der Waals surface area contributed by atoms with E-state index in [1.807, 2.05) is 30.3 Å². The Labute approximate surface area is 229 Å². The Morgan fingerprint density at radius 1 is 1.11 bits per heavy atom. The van der Waals surface area contributed by atoms with E-state index in [1.54, 1.807) is 18.2 Å². The molecule has 1 unspecified atom stereocenters. The number of carbonyl (C=O) groups excluding carboxylic acids is 1. The Bertz CT molecular complexity index is 1760. The summed E-state index contributed by atoms with van der Waals surface area (Å²) in [6, 6.07) is 18.9. The molecular weight excluding hydrogens is 570 g/mol. The van der Waals surface area contributed by atoms with E-state index in [4.69, 9.17) is 11.6 Å². The lowest BCUT2D eigenvalue weighted by atomic mass is 10.1. The Kier molecular flexibility index (Phi) is 7.17. The highest BCUT2D eigenvalue weighted by Crippen LogP contribution is 2.37. The van der Waals surface area contributed by atoms with Crippen molar-refractivity contribution in [3.8, 4) is 0 Å². The first kappa shape index (κ1) is 25.9. The Balaban J connectivity index is 1.38. The van der Waals surface area contributed by atoms with Gasteiger partial charge in [0.25, 0.3) is 5.69 Å². The van der Waals surface area contributed by atoms with Crippen molar-refractivity contribution in [3.05, 3.63) is 99.7 Å². The predicted molar refractivity (Wildman–Crippen MR) is 145 cm³/mol. The third kappa shape index (κ3) is 5.41. The second-order valence-corrected chi connectivity index (χ2v) is 12.6. The van der Waals surface area contributed by atoms with Gasteiger partial charge < -0.3 is 10.3 Å². The second kappa shape index (κ2) is 10.5. The number of nitro benzene ring substituents is 1. The van der Waals surface area contributed by atoms with Gasteiger partial charge in [0.2, 0.25) is 15.7 Å². The van der Waals surface area contributed by atoms with Crippen LogP contribution in [0.3, 0.4) is 0 Å². The lowest BCUT2D eigenvalue weighted by Crippen LogP contribution is -2.19. The highest BCUT2D eigenvalue weighted by Gasteiger charge is 2.27. The molecule has 1 amide bonds. The SMILES string of the molecule is O=C(Nc1ncc(S(=O)(=O)c2ccc([N+](=O)[O-])cc2)s1)C(Sc1nc2ccc(Cl)cc2[nH]1)c1ccccc1. The standard InChI is InChI=1S/C24H16ClN5O5S3/c25-15-6-11-18-19(12-15)28-24(27-18)37-21(14-4-2-1-3-5-14)22(31)29-23-26-13-20(36-23)38(34,35)17-9-7-16(8-10-17)30(32)33/h1-13,21H,(H,27,28)(H,26,29,31). The van der Waals surface area contributed by atoms with Crippen molar-refractivity contribution in [1.29, 1.82) is 0 Å². The number of halogens is 1. The molecule has 0 aliphatic heterocycles. The molecule has 2 heterocycles. The van der Waals surface area contributed by atoms with Crippen LogP contribution in [0.5, 0.6) is 0 Å². The molecule has 5 aromatic rings. The summed E-state index contributed by atoms with van der Waals surface area (Å²) in [4.78, 5) is 35.3. The molecule has 0 saturated heterocycles. The highest BCUT2D eigenvalue weighted by molar-refractivity contribution is 8.00. The molecule has 0 spiro atoms. The summed E-state index contributed by atoms with van der Waals surface area (Å²) >= 11 is 8.05. The number of hydrogen-bond donors (Lipinski definition) is 2. The molecule has 2 aromatic heterocycles. The van der Waals surface area contributed by atoms with E-state index in [0.29, 0.717) is 21.3 Å². The monoisotopic (exact) mass is 585 g/mol. The van der Waals surface area contributed by atoms with Crippen LogP contribution in [0.25, 0.3) is 11.0 Å². The number of rotatable bonds is 8. The van der Waals surface area contributed by atoms with Gasteiger partial charge in [-0.05, 0) is 35.9 Å². The lowest BCUT2D eigenvalue weighted by Gasteiger charge is -2.14. The molecule has 0 radical (unpaired) electrons. The van der Waals surface area contributed by atoms with Gasteiger partial charge in [0.05, 0.1) is 27.0 Å². The van der Waals surface area contributed by atoms with Crippen molar-refractivity contribution in [3.63, 3.8) is 0 Å². The zero-order valence-electron chi connectivity index (χ0n) is 19.1. The van der Waals surface area contributed by atoms with Crippen molar-refractivity contribution in [2.45, 2.75) is 19.5 Å². The van der Waals surface area contributed by atoms with Crippen LogP contribution < -0.4 is 5.32 Å². The summed E-state index contributed by atoms with van der Waals surface area (Å²) in [6.45, 7) is 0. The van der Waals surface area contributed by atoms with Crippen LogP contribution in [0.15, 0.2) is 93.3 Å². The molecule has 0 saturated carbocycles. The number of non-ortho nitro benzene ring substituents is 1. The van der Waals surface area contributed by atoms with Crippen molar-refractivity contribution in [1.82, 2.24) is 15.0 Å². The first-order chi connectivity index (χ1) is 18.2. The van der Waals surface area contributed by atoms with E-state index in [0.717, 1.165) is 47.3 Å². The van der Waals surface area contributed by atoms with Crippen LogP contribution in [-0.4, -0.2) is 34.2 Å². The number of H-pyrrole nitrogens is 1. The van der Waals surface area contributed by atoms with E-state index in [1.165, 1.54) is 11.8 Å². The summed E-state index contributed by atoms with van der Waals surface area (Å²) in [5, 5.41) is 14.0. The quantitative estimate of drug-likeness (QED) is 0.130. The molecule has 2 N–H and O–H groups in total. The normalized spacial score (nSPS) is 12.3. The number of thioether (sulfide) groups is 1. The van der Waals surface area contributed by atoms with Crippen molar-refractivity contribution in [2.75, 3.05) is 5.32 Å². The minimum atomic E-state index is -3.98. The molecule has 1 atom stereocenters.